The molecule has 0 N–H and O–H groups in total. The van der Waals surface area contributed by atoms with E-state index in [1.165, 1.54) is 11.8 Å². The number of ether oxygens (including phenoxy) is 2. The Bertz CT molecular complexity index is 930. The summed E-state index contributed by atoms with van der Waals surface area (Å²) < 4.78 is 12.7. The average molecular weight is 380 g/mol. The van der Waals surface area contributed by atoms with Crippen LogP contribution in [-0.4, -0.2) is 33.7 Å². The Labute approximate surface area is 162 Å². The van der Waals surface area contributed by atoms with Crippen molar-refractivity contribution in [2.45, 2.75) is 24.3 Å². The summed E-state index contributed by atoms with van der Waals surface area (Å²) in [5.74, 6) is 2.29. The Kier molecular flexibility index (Phi) is 5.99. The summed E-state index contributed by atoms with van der Waals surface area (Å²) in [4.78, 5) is 0. The van der Waals surface area contributed by atoms with Crippen molar-refractivity contribution in [1.82, 2.24) is 14.8 Å². The van der Waals surface area contributed by atoms with Crippen molar-refractivity contribution in [3.05, 3.63) is 48.5 Å². The number of nitriles is 1. The van der Waals surface area contributed by atoms with Crippen LogP contribution in [0.4, 0.5) is 0 Å². The lowest BCUT2D eigenvalue weighted by Crippen LogP contribution is -2.02. The zero-order valence-corrected chi connectivity index (χ0v) is 16.2. The summed E-state index contributed by atoms with van der Waals surface area (Å²) in [5.41, 5.74) is 1.82. The number of thioether (sulfide) groups is 1. The second-order valence-electron chi connectivity index (χ2n) is 5.69. The van der Waals surface area contributed by atoms with Gasteiger partial charge in [0.15, 0.2) is 11.0 Å². The van der Waals surface area contributed by atoms with Crippen LogP contribution in [-0.2, 0) is 0 Å². The van der Waals surface area contributed by atoms with Crippen LogP contribution in [0.5, 0.6) is 11.5 Å². The topological polar surface area (TPSA) is 73.0 Å². The van der Waals surface area contributed by atoms with Gasteiger partial charge >= 0.3 is 0 Å². The molecule has 0 unspecified atom stereocenters. The predicted octanol–water partition coefficient (Wildman–Crippen LogP) is 4.35. The molecule has 0 aliphatic carbocycles. The summed E-state index contributed by atoms with van der Waals surface area (Å²) in [6.45, 7) is 4.41. The highest BCUT2D eigenvalue weighted by Gasteiger charge is 2.18. The molecule has 0 bridgehead atoms. The fourth-order valence-corrected chi connectivity index (χ4v) is 3.30. The van der Waals surface area contributed by atoms with Gasteiger partial charge in [0.2, 0.25) is 0 Å². The highest BCUT2D eigenvalue weighted by atomic mass is 32.2. The lowest BCUT2D eigenvalue weighted by Gasteiger charge is -2.12. The first-order valence-electron chi connectivity index (χ1n) is 8.55. The molecule has 0 spiro atoms. The molecule has 1 aromatic heterocycles. The van der Waals surface area contributed by atoms with Crippen molar-refractivity contribution in [1.29, 1.82) is 5.26 Å². The molecule has 0 fully saturated rings. The van der Waals surface area contributed by atoms with Gasteiger partial charge in [-0.15, -0.1) is 10.2 Å². The SMILES string of the molecule is CCOc1ccc(-n2c(S[C@H](C)C#N)nnc2-c2ccc(OC)cc2)cc1. The van der Waals surface area contributed by atoms with Gasteiger partial charge in [0.05, 0.1) is 25.0 Å². The molecule has 138 valence electrons. The molecule has 0 aliphatic heterocycles. The summed E-state index contributed by atoms with van der Waals surface area (Å²) in [6.07, 6.45) is 0. The number of rotatable bonds is 7. The molecule has 0 saturated carbocycles. The second kappa shape index (κ2) is 8.60. The van der Waals surface area contributed by atoms with E-state index in [0.29, 0.717) is 17.6 Å². The van der Waals surface area contributed by atoms with Crippen LogP contribution in [0.25, 0.3) is 17.1 Å². The van der Waals surface area contributed by atoms with Gasteiger partial charge in [0.1, 0.15) is 11.5 Å². The number of nitrogens with zero attached hydrogens (tertiary/aromatic N) is 4. The average Bonchev–Trinajstić information content (AvgIpc) is 3.12. The zero-order valence-electron chi connectivity index (χ0n) is 15.4. The normalized spacial score (nSPS) is 11.6. The molecule has 0 radical (unpaired) electrons. The number of methoxy groups -OCH3 is 1. The van der Waals surface area contributed by atoms with E-state index in [9.17, 15) is 5.26 Å². The van der Waals surface area contributed by atoms with Crippen molar-refractivity contribution in [2.75, 3.05) is 13.7 Å². The molecule has 0 amide bonds. The second-order valence-corrected chi connectivity index (χ2v) is 6.99. The molecule has 1 atom stereocenters. The summed E-state index contributed by atoms with van der Waals surface area (Å²) in [5, 5.41) is 18.3. The molecular weight excluding hydrogens is 360 g/mol. The minimum Gasteiger partial charge on any atom is -0.497 e. The Morgan fingerprint density at radius 2 is 1.74 bits per heavy atom. The van der Waals surface area contributed by atoms with Crippen LogP contribution < -0.4 is 9.47 Å². The molecule has 0 aliphatic rings. The highest BCUT2D eigenvalue weighted by Crippen LogP contribution is 2.31. The van der Waals surface area contributed by atoms with Crippen LogP contribution in [0.2, 0.25) is 0 Å². The van der Waals surface area contributed by atoms with E-state index < -0.39 is 0 Å². The van der Waals surface area contributed by atoms with E-state index in [-0.39, 0.29) is 5.25 Å². The molecular formula is C20H20N4O2S. The van der Waals surface area contributed by atoms with Gasteiger partial charge in [-0.1, -0.05) is 11.8 Å². The summed E-state index contributed by atoms with van der Waals surface area (Å²) in [7, 11) is 1.63. The van der Waals surface area contributed by atoms with Gasteiger partial charge in [-0.25, -0.2) is 0 Å². The van der Waals surface area contributed by atoms with Gasteiger partial charge < -0.3 is 9.47 Å². The van der Waals surface area contributed by atoms with Crippen LogP contribution in [0.15, 0.2) is 53.7 Å². The van der Waals surface area contributed by atoms with Crippen molar-refractivity contribution < 1.29 is 9.47 Å². The number of aromatic nitrogens is 3. The molecule has 27 heavy (non-hydrogen) atoms. The van der Waals surface area contributed by atoms with Gasteiger partial charge in [-0.2, -0.15) is 5.26 Å². The molecule has 3 rings (SSSR count). The number of hydrogen-bond donors (Lipinski definition) is 0. The summed E-state index contributed by atoms with van der Waals surface area (Å²) >= 11 is 1.37. The first-order valence-corrected chi connectivity index (χ1v) is 9.43. The quantitative estimate of drug-likeness (QED) is 0.568. The van der Waals surface area contributed by atoms with Crippen LogP contribution >= 0.6 is 11.8 Å². The fourth-order valence-electron chi connectivity index (χ4n) is 2.55. The van der Waals surface area contributed by atoms with E-state index in [2.05, 4.69) is 16.3 Å². The Morgan fingerprint density at radius 1 is 1.07 bits per heavy atom. The van der Waals surface area contributed by atoms with E-state index in [1.807, 2.05) is 66.9 Å². The Balaban J connectivity index is 2.06. The fraction of sp³-hybridized carbons (Fsp3) is 0.250. The van der Waals surface area contributed by atoms with Gasteiger partial charge in [0.25, 0.3) is 0 Å². The van der Waals surface area contributed by atoms with E-state index >= 15 is 0 Å². The largest absolute Gasteiger partial charge is 0.497 e. The third-order valence-corrected chi connectivity index (χ3v) is 4.79. The van der Waals surface area contributed by atoms with Crippen molar-refractivity contribution >= 4 is 11.8 Å². The number of hydrogen-bond acceptors (Lipinski definition) is 6. The minimum atomic E-state index is -0.237. The molecule has 2 aromatic carbocycles. The molecule has 7 heteroatoms. The summed E-state index contributed by atoms with van der Waals surface area (Å²) in [6, 6.07) is 17.6. The van der Waals surface area contributed by atoms with Crippen LogP contribution in [0.3, 0.4) is 0 Å². The van der Waals surface area contributed by atoms with E-state index in [4.69, 9.17) is 9.47 Å². The Morgan fingerprint density at radius 3 is 2.33 bits per heavy atom. The standard InChI is InChI=1S/C20H20N4O2S/c1-4-26-18-11-7-16(8-12-18)24-19(15-5-9-17(25-3)10-6-15)22-23-20(24)27-14(2)13-21/h5-12,14H,4H2,1-3H3/t14-/m1/s1. The number of benzene rings is 2. The first kappa shape index (κ1) is 18.8. The van der Waals surface area contributed by atoms with Crippen molar-refractivity contribution in [3.63, 3.8) is 0 Å². The van der Waals surface area contributed by atoms with Crippen molar-refractivity contribution in [2.24, 2.45) is 0 Å². The zero-order chi connectivity index (χ0) is 19.2. The van der Waals surface area contributed by atoms with Gasteiger partial charge in [-0.3, -0.25) is 4.57 Å². The molecule has 3 aromatic rings. The molecule has 1 heterocycles. The van der Waals surface area contributed by atoms with Gasteiger partial charge in [0, 0.05) is 11.3 Å². The third kappa shape index (κ3) is 4.23. The third-order valence-electron chi connectivity index (χ3n) is 3.85. The lowest BCUT2D eigenvalue weighted by molar-refractivity contribution is 0.340. The smallest absolute Gasteiger partial charge is 0.197 e. The Hall–Kier alpha value is -2.98. The molecule has 6 nitrogen and oxygen atoms in total. The minimum absolute atomic E-state index is 0.237. The van der Waals surface area contributed by atoms with Crippen molar-refractivity contribution in [3.8, 4) is 34.6 Å². The maximum atomic E-state index is 9.18. The van der Waals surface area contributed by atoms with E-state index in [1.54, 1.807) is 7.11 Å². The monoisotopic (exact) mass is 380 g/mol. The lowest BCUT2D eigenvalue weighted by atomic mass is 10.2. The van der Waals surface area contributed by atoms with Crippen LogP contribution in [0.1, 0.15) is 13.8 Å². The maximum absolute atomic E-state index is 9.18. The highest BCUT2D eigenvalue weighted by molar-refractivity contribution is 8.00. The van der Waals surface area contributed by atoms with Gasteiger partial charge in [-0.05, 0) is 62.4 Å². The molecule has 0 saturated heterocycles. The maximum Gasteiger partial charge on any atom is 0.197 e. The predicted molar refractivity (Wildman–Crippen MR) is 105 cm³/mol. The van der Waals surface area contributed by atoms with E-state index in [0.717, 1.165) is 22.7 Å². The van der Waals surface area contributed by atoms with Crippen LogP contribution in [0, 0.1) is 11.3 Å². The first-order chi connectivity index (χ1) is 13.2.